The summed E-state index contributed by atoms with van der Waals surface area (Å²) in [5, 5.41) is 8.42. The van der Waals surface area contributed by atoms with Crippen molar-refractivity contribution in [2.24, 2.45) is 0 Å². The van der Waals surface area contributed by atoms with Gasteiger partial charge >= 0.3 is 6.85 Å². The van der Waals surface area contributed by atoms with Gasteiger partial charge < -0.3 is 18.2 Å². The van der Waals surface area contributed by atoms with Gasteiger partial charge in [0.15, 0.2) is 0 Å². The Kier molecular flexibility index (Phi) is 7.15. The summed E-state index contributed by atoms with van der Waals surface area (Å²) in [5.41, 5.74) is 19.6. The third-order valence-corrected chi connectivity index (χ3v) is 15.7. The van der Waals surface area contributed by atoms with Crippen molar-refractivity contribution in [3.8, 4) is 22.3 Å². The minimum atomic E-state index is -0.264. The average molecular weight is 841 g/mol. The summed E-state index contributed by atoms with van der Waals surface area (Å²) in [6, 6.07) is 54.5. The SMILES string of the molecule is CC(C)(C)c1ccc(N2c3cc4oc5ccccc5c4c4c3B(c3oc5cc6c(cc5c32)C(C)(C)CCC6(C)C)n2c3cc5ccccc5cc3c3cccc-4c32)c(-c2ccccc2)c1. The van der Waals surface area contributed by atoms with Gasteiger partial charge in [0.2, 0.25) is 0 Å². The van der Waals surface area contributed by atoms with Crippen LogP contribution in [0, 0.1) is 0 Å². The van der Waals surface area contributed by atoms with Gasteiger partial charge in [-0.3, -0.25) is 0 Å². The highest BCUT2D eigenvalue weighted by Crippen LogP contribution is 2.55. The second-order valence-electron chi connectivity index (χ2n) is 21.5. The summed E-state index contributed by atoms with van der Waals surface area (Å²) in [5.74, 6) is 0. The van der Waals surface area contributed by atoms with E-state index in [1.165, 1.54) is 77.0 Å². The molecule has 0 amide bonds. The minimum Gasteiger partial charge on any atom is -0.466 e. The predicted molar refractivity (Wildman–Crippen MR) is 274 cm³/mol. The average Bonchev–Trinajstić information content (AvgIpc) is 3.97. The molecular formula is C60H49BN2O2. The third kappa shape index (κ3) is 4.94. The first-order chi connectivity index (χ1) is 31.4. The molecule has 0 radical (unpaired) electrons. The molecule has 0 unspecified atom stereocenters. The number of hydrogen-bond donors (Lipinski definition) is 0. The van der Waals surface area contributed by atoms with Crippen LogP contribution in [0.25, 0.3) is 87.7 Å². The fourth-order valence-corrected chi connectivity index (χ4v) is 12.3. The van der Waals surface area contributed by atoms with Gasteiger partial charge in [-0.25, -0.2) is 0 Å². The first-order valence-electron chi connectivity index (χ1n) is 23.4. The normalized spacial score (nSPS) is 16.0. The van der Waals surface area contributed by atoms with Crippen molar-refractivity contribution in [1.82, 2.24) is 4.48 Å². The maximum atomic E-state index is 7.69. The third-order valence-electron chi connectivity index (χ3n) is 15.7. The highest BCUT2D eigenvalue weighted by Gasteiger charge is 2.49. The summed E-state index contributed by atoms with van der Waals surface area (Å²) in [7, 11) is 0. The minimum absolute atomic E-state index is 0.00535. The second kappa shape index (κ2) is 12.4. The van der Waals surface area contributed by atoms with Gasteiger partial charge in [0, 0.05) is 60.8 Å². The van der Waals surface area contributed by atoms with E-state index >= 15 is 0 Å². The molecule has 5 heteroatoms. The predicted octanol–water partition coefficient (Wildman–Crippen LogP) is 15.3. The Morgan fingerprint density at radius 1 is 0.554 bits per heavy atom. The monoisotopic (exact) mass is 840 g/mol. The molecule has 8 aromatic carbocycles. The van der Waals surface area contributed by atoms with E-state index in [9.17, 15) is 0 Å². The number of hydrogen-bond acceptors (Lipinski definition) is 3. The number of aromatic nitrogens is 1. The summed E-state index contributed by atoms with van der Waals surface area (Å²) >= 11 is 0. The van der Waals surface area contributed by atoms with Crippen molar-refractivity contribution in [3.63, 3.8) is 0 Å². The number of furan rings is 2. The Hall–Kier alpha value is -6.98. The zero-order valence-electron chi connectivity index (χ0n) is 38.1. The summed E-state index contributed by atoms with van der Waals surface area (Å²) in [6.45, 7) is 16.4. The lowest BCUT2D eigenvalue weighted by molar-refractivity contribution is 0.332. The lowest BCUT2D eigenvalue weighted by atomic mass is 9.47. The van der Waals surface area contributed by atoms with Crippen molar-refractivity contribution in [2.45, 2.75) is 77.6 Å². The lowest BCUT2D eigenvalue weighted by Crippen LogP contribution is -2.56. The van der Waals surface area contributed by atoms with E-state index in [-0.39, 0.29) is 23.1 Å². The Morgan fingerprint density at radius 2 is 1.26 bits per heavy atom. The number of nitrogens with zero attached hydrogens (tertiary/aromatic N) is 2. The highest BCUT2D eigenvalue weighted by molar-refractivity contribution is 6.90. The molecule has 11 aromatic rings. The maximum Gasteiger partial charge on any atom is 0.376 e. The van der Waals surface area contributed by atoms with Crippen LogP contribution in [0.15, 0.2) is 154 Å². The molecule has 0 saturated carbocycles. The van der Waals surface area contributed by atoms with Crippen molar-refractivity contribution in [2.75, 3.05) is 4.90 Å². The molecular weight excluding hydrogens is 791 g/mol. The number of fused-ring (bicyclic) bond motifs is 15. The van der Waals surface area contributed by atoms with E-state index in [0.29, 0.717) is 0 Å². The van der Waals surface area contributed by atoms with Gasteiger partial charge in [-0.2, -0.15) is 0 Å². The highest BCUT2D eigenvalue weighted by atomic mass is 16.3. The number of rotatable bonds is 2. The van der Waals surface area contributed by atoms with Crippen LogP contribution in [0.5, 0.6) is 0 Å². The molecule has 5 heterocycles. The van der Waals surface area contributed by atoms with Crippen LogP contribution in [0.1, 0.15) is 78.0 Å². The zero-order chi connectivity index (χ0) is 43.9. The van der Waals surface area contributed by atoms with Crippen molar-refractivity contribution in [1.29, 1.82) is 0 Å². The molecule has 314 valence electrons. The molecule has 0 saturated heterocycles. The molecule has 0 fully saturated rings. The van der Waals surface area contributed by atoms with E-state index in [4.69, 9.17) is 8.83 Å². The quantitative estimate of drug-likeness (QED) is 0.163. The molecule has 14 rings (SSSR count). The van der Waals surface area contributed by atoms with Gasteiger partial charge in [-0.1, -0.05) is 146 Å². The molecule has 0 N–H and O–H groups in total. The molecule has 65 heavy (non-hydrogen) atoms. The summed E-state index contributed by atoms with van der Waals surface area (Å²) < 4.78 is 17.3. The van der Waals surface area contributed by atoms with Gasteiger partial charge in [0.05, 0.1) is 11.4 Å². The van der Waals surface area contributed by atoms with Crippen molar-refractivity contribution < 1.29 is 8.83 Å². The fraction of sp³-hybridized carbons (Fsp3) is 0.200. The van der Waals surface area contributed by atoms with Crippen molar-refractivity contribution in [3.05, 3.63) is 162 Å². The molecule has 3 aliphatic rings. The fourth-order valence-electron chi connectivity index (χ4n) is 12.3. The van der Waals surface area contributed by atoms with Crippen LogP contribution in [-0.4, -0.2) is 11.3 Å². The van der Waals surface area contributed by atoms with E-state index in [1.807, 2.05) is 0 Å². The smallest absolute Gasteiger partial charge is 0.376 e. The van der Waals surface area contributed by atoms with Crippen LogP contribution < -0.4 is 16.0 Å². The molecule has 4 nitrogen and oxygen atoms in total. The van der Waals surface area contributed by atoms with Crippen LogP contribution in [0.3, 0.4) is 0 Å². The molecule has 3 aromatic heterocycles. The zero-order valence-corrected chi connectivity index (χ0v) is 38.1. The van der Waals surface area contributed by atoms with Crippen LogP contribution in [0.4, 0.5) is 17.1 Å². The van der Waals surface area contributed by atoms with Gasteiger partial charge in [-0.15, -0.1) is 0 Å². The molecule has 0 spiro atoms. The van der Waals surface area contributed by atoms with Crippen LogP contribution >= 0.6 is 0 Å². The summed E-state index contributed by atoms with van der Waals surface area (Å²) in [4.78, 5) is 2.57. The molecule has 0 bridgehead atoms. The number of para-hydroxylation sites is 2. The topological polar surface area (TPSA) is 34.5 Å². The van der Waals surface area contributed by atoms with Gasteiger partial charge in [0.1, 0.15) is 22.4 Å². The first kappa shape index (κ1) is 37.4. The molecule has 2 aliphatic heterocycles. The molecule has 1 aliphatic carbocycles. The number of anilines is 3. The van der Waals surface area contributed by atoms with E-state index in [2.05, 4.69) is 203 Å². The van der Waals surface area contributed by atoms with Crippen molar-refractivity contribution >= 4 is 101 Å². The maximum absolute atomic E-state index is 7.69. The number of benzene rings is 8. The van der Waals surface area contributed by atoms with E-state index in [1.54, 1.807) is 0 Å². The Labute approximate surface area is 379 Å². The van der Waals surface area contributed by atoms with E-state index < -0.39 is 0 Å². The standard InChI is InChI=1S/C60H49BN2O2/c1-58(2,3)37-24-25-46(41(30-37)34-16-9-8-10-17-34)62-48-33-51-52(39-20-13-14-23-49(39)64-51)53-40-22-15-21-38-42-28-35-18-11-12-19-36(35)29-47(42)63(55(38)40)61(54(48)53)57-56(62)43-31-44-45(32-50(43)65-57)60(6,7)27-26-59(44,4)5/h8-25,28-33H,26-27H2,1-7H3. The largest absolute Gasteiger partial charge is 0.466 e. The molecule has 0 atom stereocenters. The van der Waals surface area contributed by atoms with Gasteiger partial charge in [-0.05, 0) is 116 Å². The van der Waals surface area contributed by atoms with Gasteiger partial charge in [0.25, 0.3) is 0 Å². The lowest BCUT2D eigenvalue weighted by Gasteiger charge is -2.42. The Bertz CT molecular complexity index is 3890. The Balaban J connectivity index is 1.21. The van der Waals surface area contributed by atoms with Crippen LogP contribution in [-0.2, 0) is 16.2 Å². The van der Waals surface area contributed by atoms with Crippen LogP contribution in [0.2, 0.25) is 0 Å². The van der Waals surface area contributed by atoms with E-state index in [0.717, 1.165) is 68.5 Å². The summed E-state index contributed by atoms with van der Waals surface area (Å²) in [6.07, 6.45) is 2.26. The first-order valence-corrected chi connectivity index (χ1v) is 23.4. The second-order valence-corrected chi connectivity index (χ2v) is 21.5. The Morgan fingerprint density at radius 3 is 2.05 bits per heavy atom.